The highest BCUT2D eigenvalue weighted by atomic mass is 16.4. The first kappa shape index (κ1) is 15.6. The Bertz CT molecular complexity index is 332. The van der Waals surface area contributed by atoms with Gasteiger partial charge in [0.25, 0.3) is 0 Å². The molecule has 1 saturated carbocycles. The van der Waals surface area contributed by atoms with E-state index < -0.39 is 5.54 Å². The summed E-state index contributed by atoms with van der Waals surface area (Å²) in [6, 6.07) is -0.147. The van der Waals surface area contributed by atoms with E-state index in [9.17, 15) is 4.79 Å². The minimum atomic E-state index is -0.694. The Morgan fingerprint density at radius 1 is 1.42 bits per heavy atom. The second kappa shape index (κ2) is 6.63. The number of carbonyl (C=O) groups excluding carboxylic acids is 1. The largest absolute Gasteiger partial charge is 0.409 e. The predicted molar refractivity (Wildman–Crippen MR) is 75.2 cm³/mol. The van der Waals surface area contributed by atoms with Gasteiger partial charge < -0.3 is 21.2 Å². The number of carbonyl (C=O) groups is 1. The summed E-state index contributed by atoms with van der Waals surface area (Å²) in [4.78, 5) is 13.9. The van der Waals surface area contributed by atoms with Crippen LogP contribution < -0.4 is 11.1 Å². The zero-order chi connectivity index (χ0) is 14.5. The molecular weight excluding hydrogens is 244 g/mol. The van der Waals surface area contributed by atoms with E-state index >= 15 is 0 Å². The van der Waals surface area contributed by atoms with E-state index in [0.29, 0.717) is 19.0 Å². The molecule has 19 heavy (non-hydrogen) atoms. The Morgan fingerprint density at radius 2 is 1.95 bits per heavy atom. The molecule has 0 aromatic carbocycles. The van der Waals surface area contributed by atoms with E-state index in [2.05, 4.69) is 17.4 Å². The van der Waals surface area contributed by atoms with Crippen LogP contribution in [0.15, 0.2) is 5.16 Å². The third kappa shape index (κ3) is 3.52. The van der Waals surface area contributed by atoms with Gasteiger partial charge in [-0.15, -0.1) is 0 Å². The number of oxime groups is 1. The van der Waals surface area contributed by atoms with Crippen molar-refractivity contribution in [1.82, 2.24) is 10.2 Å². The minimum Gasteiger partial charge on any atom is -0.409 e. The zero-order valence-corrected chi connectivity index (χ0v) is 12.1. The smallest absolute Gasteiger partial charge is 0.318 e. The highest BCUT2D eigenvalue weighted by molar-refractivity contribution is 5.93. The van der Waals surface area contributed by atoms with Crippen molar-refractivity contribution in [3.63, 3.8) is 0 Å². The average Bonchev–Trinajstić information content (AvgIpc) is 2.42. The summed E-state index contributed by atoms with van der Waals surface area (Å²) in [5.74, 6) is 0.727. The molecule has 0 atom stereocenters. The van der Waals surface area contributed by atoms with Crippen LogP contribution in [0.5, 0.6) is 0 Å². The van der Waals surface area contributed by atoms with Gasteiger partial charge in [0, 0.05) is 13.1 Å². The molecule has 0 saturated heterocycles. The van der Waals surface area contributed by atoms with Crippen LogP contribution in [0.25, 0.3) is 0 Å². The van der Waals surface area contributed by atoms with Crippen molar-refractivity contribution in [2.45, 2.75) is 52.0 Å². The average molecular weight is 270 g/mol. The van der Waals surface area contributed by atoms with Crippen molar-refractivity contribution in [2.24, 2.45) is 16.8 Å². The van der Waals surface area contributed by atoms with Crippen molar-refractivity contribution in [1.29, 1.82) is 0 Å². The van der Waals surface area contributed by atoms with Gasteiger partial charge in [0.1, 0.15) is 5.54 Å². The van der Waals surface area contributed by atoms with E-state index in [1.165, 1.54) is 0 Å². The highest BCUT2D eigenvalue weighted by Gasteiger charge is 2.40. The second-order valence-corrected chi connectivity index (χ2v) is 5.35. The van der Waals surface area contributed by atoms with Gasteiger partial charge in [-0.25, -0.2) is 4.79 Å². The maximum absolute atomic E-state index is 12.2. The van der Waals surface area contributed by atoms with Crippen molar-refractivity contribution in [3.05, 3.63) is 0 Å². The Balaban J connectivity index is 2.84. The third-order valence-electron chi connectivity index (χ3n) is 4.12. The number of urea groups is 1. The van der Waals surface area contributed by atoms with Crippen LogP contribution in [0.4, 0.5) is 4.79 Å². The first-order valence-corrected chi connectivity index (χ1v) is 7.04. The Kier molecular flexibility index (Phi) is 5.44. The second-order valence-electron chi connectivity index (χ2n) is 5.35. The number of amides is 2. The van der Waals surface area contributed by atoms with Gasteiger partial charge in [0.15, 0.2) is 5.84 Å². The summed E-state index contributed by atoms with van der Waals surface area (Å²) < 4.78 is 0. The van der Waals surface area contributed by atoms with Crippen LogP contribution >= 0.6 is 0 Å². The van der Waals surface area contributed by atoms with Gasteiger partial charge in [0.2, 0.25) is 0 Å². The fraction of sp³-hybridized carbons (Fsp3) is 0.846. The molecule has 0 aliphatic heterocycles. The van der Waals surface area contributed by atoms with Crippen LogP contribution in [0, 0.1) is 5.92 Å². The van der Waals surface area contributed by atoms with Crippen molar-refractivity contribution >= 4 is 11.9 Å². The maximum Gasteiger partial charge on any atom is 0.318 e. The van der Waals surface area contributed by atoms with E-state index in [0.717, 1.165) is 25.7 Å². The van der Waals surface area contributed by atoms with E-state index in [-0.39, 0.29) is 11.9 Å². The van der Waals surface area contributed by atoms with Gasteiger partial charge in [0.05, 0.1) is 0 Å². The molecule has 110 valence electrons. The van der Waals surface area contributed by atoms with Gasteiger partial charge in [-0.05, 0) is 45.4 Å². The van der Waals surface area contributed by atoms with Crippen LogP contribution in [0.3, 0.4) is 0 Å². The van der Waals surface area contributed by atoms with Gasteiger partial charge in [-0.1, -0.05) is 12.1 Å². The van der Waals surface area contributed by atoms with Crippen LogP contribution in [0.2, 0.25) is 0 Å². The molecule has 0 unspecified atom stereocenters. The molecule has 6 nitrogen and oxygen atoms in total. The molecule has 0 aromatic heterocycles. The Labute approximate surface area is 115 Å². The summed E-state index contributed by atoms with van der Waals surface area (Å²) in [6.07, 6.45) is 3.37. The minimum absolute atomic E-state index is 0.111. The van der Waals surface area contributed by atoms with E-state index in [1.54, 1.807) is 4.90 Å². The van der Waals surface area contributed by atoms with E-state index in [4.69, 9.17) is 10.9 Å². The summed E-state index contributed by atoms with van der Waals surface area (Å²) in [5, 5.41) is 15.1. The molecule has 4 N–H and O–H groups in total. The third-order valence-corrected chi connectivity index (χ3v) is 4.12. The zero-order valence-electron chi connectivity index (χ0n) is 12.1. The maximum atomic E-state index is 12.2. The van der Waals surface area contributed by atoms with Crippen LogP contribution in [0.1, 0.15) is 46.5 Å². The lowest BCUT2D eigenvalue weighted by Crippen LogP contribution is -2.61. The van der Waals surface area contributed by atoms with Crippen LogP contribution in [-0.4, -0.2) is 40.6 Å². The molecule has 1 aliphatic carbocycles. The molecule has 6 heteroatoms. The molecule has 1 rings (SSSR count). The normalized spacial score (nSPS) is 27.9. The number of hydrogen-bond donors (Lipinski definition) is 3. The lowest BCUT2D eigenvalue weighted by Gasteiger charge is -2.40. The molecule has 0 spiro atoms. The first-order chi connectivity index (χ1) is 8.99. The lowest BCUT2D eigenvalue weighted by atomic mass is 9.76. The summed E-state index contributed by atoms with van der Waals surface area (Å²) >= 11 is 0. The van der Waals surface area contributed by atoms with E-state index in [1.807, 2.05) is 13.8 Å². The fourth-order valence-corrected chi connectivity index (χ4v) is 2.59. The quantitative estimate of drug-likeness (QED) is 0.314. The van der Waals surface area contributed by atoms with Gasteiger partial charge >= 0.3 is 6.03 Å². The predicted octanol–water partition coefficient (Wildman–Crippen LogP) is 1.73. The Hall–Kier alpha value is -1.46. The number of nitrogens with one attached hydrogen (secondary N) is 1. The number of hydrogen-bond acceptors (Lipinski definition) is 3. The summed E-state index contributed by atoms with van der Waals surface area (Å²) in [6.45, 7) is 7.34. The van der Waals surface area contributed by atoms with Crippen molar-refractivity contribution in [2.75, 3.05) is 13.1 Å². The molecule has 1 aliphatic rings. The SMILES string of the molecule is CCN(CC)C(=O)NC1(C(N)=NO)CCC(C)CC1. The number of nitrogens with zero attached hydrogens (tertiary/aromatic N) is 2. The summed E-state index contributed by atoms with van der Waals surface area (Å²) in [5.41, 5.74) is 5.13. The first-order valence-electron chi connectivity index (χ1n) is 7.04. The molecule has 0 aromatic rings. The number of amidine groups is 1. The number of rotatable bonds is 4. The highest BCUT2D eigenvalue weighted by Crippen LogP contribution is 2.32. The molecule has 2 amide bonds. The topological polar surface area (TPSA) is 91.0 Å². The molecule has 1 fully saturated rings. The lowest BCUT2D eigenvalue weighted by molar-refractivity contribution is 0.181. The Morgan fingerprint density at radius 3 is 2.37 bits per heavy atom. The number of nitrogens with two attached hydrogens (primary N) is 1. The fourth-order valence-electron chi connectivity index (χ4n) is 2.59. The van der Waals surface area contributed by atoms with Gasteiger partial charge in [-0.2, -0.15) is 0 Å². The molecular formula is C13H26N4O2. The molecule has 0 radical (unpaired) electrons. The van der Waals surface area contributed by atoms with Crippen molar-refractivity contribution < 1.29 is 10.0 Å². The standard InChI is InChI=1S/C13H26N4O2/c1-4-17(5-2)12(18)15-13(11(14)16-19)8-6-10(3)7-9-13/h10,19H,4-9H2,1-3H3,(H2,14,16)(H,15,18). The van der Waals surface area contributed by atoms with Crippen molar-refractivity contribution in [3.8, 4) is 0 Å². The van der Waals surface area contributed by atoms with Gasteiger partial charge in [-0.3, -0.25) is 0 Å². The molecule has 0 bridgehead atoms. The van der Waals surface area contributed by atoms with Crippen LogP contribution in [-0.2, 0) is 0 Å². The monoisotopic (exact) mass is 270 g/mol. The molecule has 0 heterocycles. The summed E-state index contributed by atoms with van der Waals surface area (Å²) in [7, 11) is 0.